The Morgan fingerprint density at radius 2 is 2.18 bits per heavy atom. The highest BCUT2D eigenvalue weighted by Gasteiger charge is 2.17. The van der Waals surface area contributed by atoms with E-state index in [1.165, 1.54) is 25.7 Å². The number of hydrogen-bond donors (Lipinski definition) is 1. The van der Waals surface area contributed by atoms with Gasteiger partial charge in [-0.1, -0.05) is 12.8 Å². The van der Waals surface area contributed by atoms with Crippen LogP contribution in [0.5, 0.6) is 0 Å². The highest BCUT2D eigenvalue weighted by molar-refractivity contribution is 5.55. The molecule has 4 nitrogen and oxygen atoms in total. The van der Waals surface area contributed by atoms with Gasteiger partial charge in [-0.05, 0) is 30.9 Å². The largest absolute Gasteiger partial charge is 0.396 e. The molecule has 1 aromatic heterocycles. The second-order valence-electron chi connectivity index (χ2n) is 4.75. The van der Waals surface area contributed by atoms with Gasteiger partial charge in [-0.2, -0.15) is 5.26 Å². The van der Waals surface area contributed by atoms with Gasteiger partial charge in [0.05, 0.1) is 5.69 Å². The molecule has 0 spiro atoms. The first kappa shape index (κ1) is 11.7. The normalized spacial score (nSPS) is 15.8. The van der Waals surface area contributed by atoms with Crippen LogP contribution in [0.25, 0.3) is 0 Å². The zero-order chi connectivity index (χ0) is 12.3. The van der Waals surface area contributed by atoms with Crippen LogP contribution >= 0.6 is 0 Å². The van der Waals surface area contributed by atoms with Gasteiger partial charge in [0.1, 0.15) is 11.9 Å². The lowest BCUT2D eigenvalue weighted by atomic mass is 10.1. The summed E-state index contributed by atoms with van der Waals surface area (Å²) >= 11 is 0. The maximum atomic E-state index is 8.90. The van der Waals surface area contributed by atoms with Crippen LogP contribution in [0.2, 0.25) is 0 Å². The molecule has 1 aliphatic carbocycles. The standard InChI is InChI=1S/C13H18N4/c1-17(9-10-4-2-3-5-10)13-7-6-11(15)12(8-14)16-13/h6-7,10H,2-5,9,15H2,1H3. The number of anilines is 2. The third kappa shape index (κ3) is 2.68. The Hall–Kier alpha value is -1.76. The first-order valence-electron chi connectivity index (χ1n) is 6.08. The predicted molar refractivity (Wildman–Crippen MR) is 68.6 cm³/mol. The molecule has 0 aromatic carbocycles. The molecule has 2 N–H and O–H groups in total. The van der Waals surface area contributed by atoms with Gasteiger partial charge in [-0.3, -0.25) is 0 Å². The molecule has 1 saturated carbocycles. The van der Waals surface area contributed by atoms with Gasteiger partial charge >= 0.3 is 0 Å². The molecule has 90 valence electrons. The zero-order valence-electron chi connectivity index (χ0n) is 10.2. The number of nitrogens with zero attached hydrogens (tertiary/aromatic N) is 3. The first-order chi connectivity index (χ1) is 8.20. The minimum Gasteiger partial charge on any atom is -0.396 e. The van der Waals surface area contributed by atoms with Crippen LogP contribution < -0.4 is 10.6 Å². The van der Waals surface area contributed by atoms with E-state index in [1.807, 2.05) is 19.2 Å². The predicted octanol–water partition coefficient (Wildman–Crippen LogP) is 2.16. The van der Waals surface area contributed by atoms with Gasteiger partial charge in [0.15, 0.2) is 5.69 Å². The number of nitrogen functional groups attached to an aromatic ring is 1. The summed E-state index contributed by atoms with van der Waals surface area (Å²) in [5.41, 5.74) is 6.43. The average Bonchev–Trinajstić information content (AvgIpc) is 2.82. The summed E-state index contributed by atoms with van der Waals surface area (Å²) in [7, 11) is 2.03. The van der Waals surface area contributed by atoms with E-state index in [0.717, 1.165) is 18.3 Å². The van der Waals surface area contributed by atoms with Crippen LogP contribution in [0.3, 0.4) is 0 Å². The van der Waals surface area contributed by atoms with Gasteiger partial charge < -0.3 is 10.6 Å². The minimum atomic E-state index is 0.320. The summed E-state index contributed by atoms with van der Waals surface area (Å²) in [5, 5.41) is 8.90. The zero-order valence-corrected chi connectivity index (χ0v) is 10.2. The van der Waals surface area contributed by atoms with Crippen molar-refractivity contribution in [3.8, 4) is 6.07 Å². The van der Waals surface area contributed by atoms with Crippen molar-refractivity contribution in [1.29, 1.82) is 5.26 Å². The molecule has 0 atom stereocenters. The Morgan fingerprint density at radius 3 is 2.82 bits per heavy atom. The van der Waals surface area contributed by atoms with E-state index >= 15 is 0 Å². The Kier molecular flexibility index (Phi) is 3.48. The maximum absolute atomic E-state index is 8.90. The van der Waals surface area contributed by atoms with E-state index in [1.54, 1.807) is 6.07 Å². The van der Waals surface area contributed by atoms with Crippen molar-refractivity contribution in [2.45, 2.75) is 25.7 Å². The number of rotatable bonds is 3. The second kappa shape index (κ2) is 5.05. The fourth-order valence-electron chi connectivity index (χ4n) is 2.44. The molecule has 0 saturated heterocycles. The monoisotopic (exact) mass is 230 g/mol. The van der Waals surface area contributed by atoms with Crippen molar-refractivity contribution in [2.24, 2.45) is 5.92 Å². The molecule has 2 rings (SSSR count). The molecule has 4 heteroatoms. The Bertz CT molecular complexity index is 430. The van der Waals surface area contributed by atoms with E-state index in [4.69, 9.17) is 11.0 Å². The van der Waals surface area contributed by atoms with E-state index in [2.05, 4.69) is 9.88 Å². The molecule has 0 aliphatic heterocycles. The van der Waals surface area contributed by atoms with Crippen LogP contribution in [0.15, 0.2) is 12.1 Å². The third-order valence-corrected chi connectivity index (χ3v) is 3.42. The molecule has 1 aliphatic rings. The fourth-order valence-corrected chi connectivity index (χ4v) is 2.44. The van der Waals surface area contributed by atoms with Crippen molar-refractivity contribution in [2.75, 3.05) is 24.2 Å². The van der Waals surface area contributed by atoms with Crippen molar-refractivity contribution in [1.82, 2.24) is 4.98 Å². The highest BCUT2D eigenvalue weighted by atomic mass is 15.2. The highest BCUT2D eigenvalue weighted by Crippen LogP contribution is 2.26. The number of nitriles is 1. The summed E-state index contributed by atoms with van der Waals surface area (Å²) in [5.74, 6) is 1.60. The number of aromatic nitrogens is 1. The summed E-state index contributed by atoms with van der Waals surface area (Å²) in [4.78, 5) is 6.39. The summed E-state index contributed by atoms with van der Waals surface area (Å²) in [6.45, 7) is 1.02. The van der Waals surface area contributed by atoms with E-state index < -0.39 is 0 Å². The quantitative estimate of drug-likeness (QED) is 0.864. The Balaban J connectivity index is 2.08. The van der Waals surface area contributed by atoms with Crippen molar-refractivity contribution in [3.63, 3.8) is 0 Å². The SMILES string of the molecule is CN(CC1CCCC1)c1ccc(N)c(C#N)n1. The van der Waals surface area contributed by atoms with E-state index in [0.29, 0.717) is 11.4 Å². The van der Waals surface area contributed by atoms with Crippen LogP contribution in [-0.2, 0) is 0 Å². The van der Waals surface area contributed by atoms with Crippen LogP contribution in [0, 0.1) is 17.2 Å². The van der Waals surface area contributed by atoms with Gasteiger partial charge in [0.25, 0.3) is 0 Å². The molecule has 1 aromatic rings. The smallest absolute Gasteiger partial charge is 0.165 e. The van der Waals surface area contributed by atoms with Crippen LogP contribution in [0.4, 0.5) is 11.5 Å². The van der Waals surface area contributed by atoms with Crippen molar-refractivity contribution < 1.29 is 0 Å². The number of pyridine rings is 1. The molecule has 0 unspecified atom stereocenters. The van der Waals surface area contributed by atoms with Crippen molar-refractivity contribution >= 4 is 11.5 Å². The van der Waals surface area contributed by atoms with E-state index in [-0.39, 0.29) is 0 Å². The second-order valence-corrected chi connectivity index (χ2v) is 4.75. The van der Waals surface area contributed by atoms with Crippen LogP contribution in [-0.4, -0.2) is 18.6 Å². The Labute approximate surface area is 102 Å². The average molecular weight is 230 g/mol. The maximum Gasteiger partial charge on any atom is 0.165 e. The fraction of sp³-hybridized carbons (Fsp3) is 0.538. The third-order valence-electron chi connectivity index (χ3n) is 3.42. The summed E-state index contributed by atoms with van der Waals surface area (Å²) in [6.07, 6.45) is 5.31. The summed E-state index contributed by atoms with van der Waals surface area (Å²) in [6, 6.07) is 5.66. The van der Waals surface area contributed by atoms with Gasteiger partial charge in [0.2, 0.25) is 0 Å². The lowest BCUT2D eigenvalue weighted by Gasteiger charge is -2.22. The minimum absolute atomic E-state index is 0.320. The molecule has 0 amide bonds. The van der Waals surface area contributed by atoms with Gasteiger partial charge in [-0.15, -0.1) is 0 Å². The van der Waals surface area contributed by atoms with Crippen LogP contribution in [0.1, 0.15) is 31.4 Å². The molecular weight excluding hydrogens is 212 g/mol. The lowest BCUT2D eigenvalue weighted by Crippen LogP contribution is -2.25. The van der Waals surface area contributed by atoms with Gasteiger partial charge in [0, 0.05) is 13.6 Å². The number of hydrogen-bond acceptors (Lipinski definition) is 4. The lowest BCUT2D eigenvalue weighted by molar-refractivity contribution is 0.545. The van der Waals surface area contributed by atoms with Crippen molar-refractivity contribution in [3.05, 3.63) is 17.8 Å². The molecule has 0 bridgehead atoms. The Morgan fingerprint density at radius 1 is 1.47 bits per heavy atom. The molecule has 17 heavy (non-hydrogen) atoms. The molecule has 0 radical (unpaired) electrons. The summed E-state index contributed by atoms with van der Waals surface area (Å²) < 4.78 is 0. The first-order valence-corrected chi connectivity index (χ1v) is 6.08. The van der Waals surface area contributed by atoms with Gasteiger partial charge in [-0.25, -0.2) is 4.98 Å². The molecular formula is C13H18N4. The molecule has 1 fully saturated rings. The van der Waals surface area contributed by atoms with E-state index in [9.17, 15) is 0 Å². The topological polar surface area (TPSA) is 65.9 Å². The molecule has 1 heterocycles. The number of nitrogens with two attached hydrogens (primary N) is 1.